The van der Waals surface area contributed by atoms with Crippen molar-refractivity contribution in [1.29, 1.82) is 0 Å². The highest BCUT2D eigenvalue weighted by Crippen LogP contribution is 2.30. The van der Waals surface area contributed by atoms with Gasteiger partial charge < -0.3 is 10.0 Å². The minimum Gasteiger partial charge on any atom is -0.476 e. The predicted octanol–water partition coefficient (Wildman–Crippen LogP) is 3.45. The molecule has 1 N–H and O–H groups in total. The highest BCUT2D eigenvalue weighted by molar-refractivity contribution is 7.17. The van der Waals surface area contributed by atoms with Crippen molar-refractivity contribution in [2.24, 2.45) is 5.92 Å². The van der Waals surface area contributed by atoms with Crippen molar-refractivity contribution in [3.05, 3.63) is 10.6 Å². The van der Waals surface area contributed by atoms with E-state index in [0.29, 0.717) is 5.13 Å². The largest absolute Gasteiger partial charge is 0.476 e. The molecule has 6 heteroatoms. The summed E-state index contributed by atoms with van der Waals surface area (Å²) in [5, 5.41) is 9.84. The van der Waals surface area contributed by atoms with Gasteiger partial charge >= 0.3 is 5.97 Å². The van der Waals surface area contributed by atoms with E-state index >= 15 is 0 Å². The molecule has 1 aliphatic rings. The normalized spacial score (nSPS) is 19.3. The molecular weight excluding hydrogens is 288 g/mol. The fraction of sp³-hybridized carbons (Fsp3) is 0.667. The summed E-state index contributed by atoms with van der Waals surface area (Å²) in [5.41, 5.74) is -0.100. The summed E-state index contributed by atoms with van der Waals surface area (Å²) in [4.78, 5) is 29.3. The number of hydrogen-bond donors (Lipinski definition) is 1. The van der Waals surface area contributed by atoms with Crippen LogP contribution in [0.15, 0.2) is 0 Å². The third-order valence-corrected chi connectivity index (χ3v) is 5.17. The lowest BCUT2D eigenvalue weighted by Gasteiger charge is -2.19. The average Bonchev–Trinajstić information content (AvgIpc) is 2.75. The molecule has 1 aromatic heterocycles. The van der Waals surface area contributed by atoms with E-state index in [0.717, 1.165) is 31.8 Å². The highest BCUT2D eigenvalue weighted by atomic mass is 32.1. The van der Waals surface area contributed by atoms with Gasteiger partial charge in [0.05, 0.1) is 0 Å². The Kier molecular flexibility index (Phi) is 5.33. The third-order valence-electron chi connectivity index (χ3n) is 3.95. The van der Waals surface area contributed by atoms with E-state index < -0.39 is 5.97 Å². The second kappa shape index (κ2) is 7.02. The molecule has 2 heterocycles. The Balaban J connectivity index is 2.16. The number of carboxylic acids is 1. The molecule has 1 saturated heterocycles. The minimum absolute atomic E-state index is 0.100. The van der Waals surface area contributed by atoms with Crippen molar-refractivity contribution >= 4 is 28.2 Å². The molecule has 2 rings (SSSR count). The zero-order valence-corrected chi connectivity index (χ0v) is 13.4. The van der Waals surface area contributed by atoms with Crippen LogP contribution in [0.1, 0.15) is 66.1 Å². The van der Waals surface area contributed by atoms with Crippen LogP contribution in [-0.4, -0.2) is 34.9 Å². The van der Waals surface area contributed by atoms with Gasteiger partial charge in [0.15, 0.2) is 16.6 Å². The predicted molar refractivity (Wildman–Crippen MR) is 83.5 cm³/mol. The first-order chi connectivity index (χ1) is 10.0. The minimum atomic E-state index is -1.12. The van der Waals surface area contributed by atoms with Crippen LogP contribution in [0.2, 0.25) is 0 Å². The molecule has 1 unspecified atom stereocenters. The Bertz CT molecular complexity index is 495. The Morgan fingerprint density at radius 3 is 2.71 bits per heavy atom. The smallest absolute Gasteiger partial charge is 0.356 e. The van der Waals surface area contributed by atoms with Crippen molar-refractivity contribution < 1.29 is 14.7 Å². The lowest BCUT2D eigenvalue weighted by atomic mass is 9.96. The third kappa shape index (κ3) is 3.81. The SMILES string of the molecule is CCCC1CCCN(c2nc(C(=O)O)c(C(C)=O)s2)CC1. The van der Waals surface area contributed by atoms with E-state index in [9.17, 15) is 9.59 Å². The van der Waals surface area contributed by atoms with Crippen LogP contribution in [0, 0.1) is 5.92 Å². The van der Waals surface area contributed by atoms with Gasteiger partial charge in [-0.25, -0.2) is 9.78 Å². The first-order valence-electron chi connectivity index (χ1n) is 7.53. The van der Waals surface area contributed by atoms with Crippen LogP contribution < -0.4 is 4.90 Å². The van der Waals surface area contributed by atoms with E-state index in [-0.39, 0.29) is 16.4 Å². The molecule has 116 valence electrons. The van der Waals surface area contributed by atoms with Crippen LogP contribution in [-0.2, 0) is 0 Å². The molecule has 1 aliphatic heterocycles. The topological polar surface area (TPSA) is 70.5 Å². The molecule has 1 aromatic rings. The second-order valence-electron chi connectivity index (χ2n) is 5.61. The molecule has 21 heavy (non-hydrogen) atoms. The zero-order chi connectivity index (χ0) is 15.4. The summed E-state index contributed by atoms with van der Waals surface area (Å²) in [6.07, 6.45) is 5.90. The summed E-state index contributed by atoms with van der Waals surface area (Å²) in [6, 6.07) is 0. The van der Waals surface area contributed by atoms with Gasteiger partial charge in [-0.3, -0.25) is 4.79 Å². The molecular formula is C15H22N2O3S. The highest BCUT2D eigenvalue weighted by Gasteiger charge is 2.24. The Morgan fingerprint density at radius 2 is 2.14 bits per heavy atom. The molecule has 0 aliphatic carbocycles. The number of carboxylic acid groups (broad SMARTS) is 1. The fourth-order valence-electron chi connectivity index (χ4n) is 2.88. The summed E-state index contributed by atoms with van der Waals surface area (Å²) in [5.74, 6) is -0.595. The maximum atomic E-state index is 11.6. The number of Topliss-reactive ketones (excluding diaryl/α,β-unsaturated/α-hetero) is 1. The lowest BCUT2D eigenvalue weighted by Crippen LogP contribution is -2.24. The standard InChI is InChI=1S/C15H22N2O3S/c1-3-5-11-6-4-8-17(9-7-11)15-16-12(14(19)20)13(21-15)10(2)18/h11H,3-9H2,1-2H3,(H,19,20). The maximum Gasteiger partial charge on any atom is 0.356 e. The number of nitrogens with zero attached hydrogens (tertiary/aromatic N) is 2. The fourth-order valence-corrected chi connectivity index (χ4v) is 3.89. The molecule has 0 spiro atoms. The van der Waals surface area contributed by atoms with E-state index in [1.807, 2.05) is 0 Å². The molecule has 0 radical (unpaired) electrons. The second-order valence-corrected chi connectivity index (χ2v) is 6.59. The van der Waals surface area contributed by atoms with Crippen molar-refractivity contribution in [1.82, 2.24) is 4.98 Å². The van der Waals surface area contributed by atoms with Gasteiger partial charge in [0.25, 0.3) is 0 Å². The Morgan fingerprint density at radius 1 is 1.38 bits per heavy atom. The van der Waals surface area contributed by atoms with Crippen molar-refractivity contribution in [3.8, 4) is 0 Å². The number of aromatic nitrogens is 1. The summed E-state index contributed by atoms with van der Waals surface area (Å²) < 4.78 is 0. The Labute approximate surface area is 129 Å². The molecule has 0 aromatic carbocycles. The van der Waals surface area contributed by atoms with Gasteiger partial charge in [-0.05, 0) is 25.2 Å². The number of ketones is 1. The number of aromatic carboxylic acids is 1. The number of rotatable bonds is 5. The first-order valence-corrected chi connectivity index (χ1v) is 8.34. The number of anilines is 1. The van der Waals surface area contributed by atoms with Gasteiger partial charge in [-0.15, -0.1) is 0 Å². The molecule has 0 bridgehead atoms. The lowest BCUT2D eigenvalue weighted by molar-refractivity contribution is 0.0687. The van der Waals surface area contributed by atoms with Crippen molar-refractivity contribution in [3.63, 3.8) is 0 Å². The summed E-state index contributed by atoms with van der Waals surface area (Å²) >= 11 is 1.21. The Hall–Kier alpha value is -1.43. The number of hydrogen-bond acceptors (Lipinski definition) is 5. The van der Waals surface area contributed by atoms with E-state index in [4.69, 9.17) is 5.11 Å². The molecule has 0 saturated carbocycles. The van der Waals surface area contributed by atoms with Crippen molar-refractivity contribution in [2.75, 3.05) is 18.0 Å². The number of carbonyl (C=O) groups is 2. The average molecular weight is 310 g/mol. The molecule has 5 nitrogen and oxygen atoms in total. The summed E-state index contributed by atoms with van der Waals surface area (Å²) in [6.45, 7) is 5.39. The maximum absolute atomic E-state index is 11.6. The van der Waals surface area contributed by atoms with Crippen LogP contribution in [0.3, 0.4) is 0 Å². The summed E-state index contributed by atoms with van der Waals surface area (Å²) in [7, 11) is 0. The van der Waals surface area contributed by atoms with E-state index in [1.54, 1.807) is 0 Å². The van der Waals surface area contributed by atoms with Gasteiger partial charge in [0.1, 0.15) is 4.88 Å². The van der Waals surface area contributed by atoms with Crippen LogP contribution in [0.4, 0.5) is 5.13 Å². The zero-order valence-electron chi connectivity index (χ0n) is 12.6. The van der Waals surface area contributed by atoms with Gasteiger partial charge in [-0.2, -0.15) is 0 Å². The molecule has 1 atom stereocenters. The molecule has 0 amide bonds. The van der Waals surface area contributed by atoms with Crippen LogP contribution in [0.25, 0.3) is 0 Å². The van der Waals surface area contributed by atoms with Gasteiger partial charge in [-0.1, -0.05) is 31.1 Å². The van der Waals surface area contributed by atoms with Crippen LogP contribution in [0.5, 0.6) is 0 Å². The van der Waals surface area contributed by atoms with E-state index in [2.05, 4.69) is 16.8 Å². The van der Waals surface area contributed by atoms with Crippen molar-refractivity contribution in [2.45, 2.75) is 46.0 Å². The monoisotopic (exact) mass is 310 g/mol. The quantitative estimate of drug-likeness (QED) is 0.843. The van der Waals surface area contributed by atoms with Gasteiger partial charge in [0.2, 0.25) is 0 Å². The molecule has 1 fully saturated rings. The number of thiazole rings is 1. The number of carbonyl (C=O) groups excluding carboxylic acids is 1. The van der Waals surface area contributed by atoms with Gasteiger partial charge in [0, 0.05) is 20.0 Å². The van der Waals surface area contributed by atoms with E-state index in [1.165, 1.54) is 37.5 Å². The van der Waals surface area contributed by atoms with Crippen LogP contribution >= 0.6 is 11.3 Å². The first kappa shape index (κ1) is 15.9.